The first-order valence-corrected chi connectivity index (χ1v) is 7.33. The van der Waals surface area contributed by atoms with E-state index in [9.17, 15) is 9.59 Å². The van der Waals surface area contributed by atoms with Crippen molar-refractivity contribution < 1.29 is 19.1 Å². The van der Waals surface area contributed by atoms with Gasteiger partial charge in [0, 0.05) is 18.5 Å². The molecule has 0 spiro atoms. The van der Waals surface area contributed by atoms with Crippen LogP contribution in [0.15, 0.2) is 11.4 Å². The SMILES string of the molecule is COC(=O)c1sccc1C#CCCNC(=O)OC(C)(C)C. The second-order valence-electron chi connectivity index (χ2n) is 5.14. The van der Waals surface area contributed by atoms with Crippen LogP contribution < -0.4 is 5.32 Å². The van der Waals surface area contributed by atoms with Crippen LogP contribution in [0.5, 0.6) is 0 Å². The number of carbonyl (C=O) groups excluding carboxylic acids is 2. The van der Waals surface area contributed by atoms with Crippen LogP contribution in [0.25, 0.3) is 0 Å². The molecule has 21 heavy (non-hydrogen) atoms. The first kappa shape index (κ1) is 17.1. The number of alkyl carbamates (subject to hydrolysis) is 1. The Labute approximate surface area is 128 Å². The van der Waals surface area contributed by atoms with E-state index in [4.69, 9.17) is 4.74 Å². The van der Waals surface area contributed by atoms with Gasteiger partial charge in [-0.3, -0.25) is 0 Å². The second kappa shape index (κ2) is 7.70. The molecule has 0 saturated heterocycles. The van der Waals surface area contributed by atoms with Crippen molar-refractivity contribution >= 4 is 23.4 Å². The molecule has 0 aromatic carbocycles. The molecular weight excluding hydrogens is 290 g/mol. The molecule has 0 bridgehead atoms. The van der Waals surface area contributed by atoms with Crippen molar-refractivity contribution in [3.05, 3.63) is 21.9 Å². The zero-order valence-corrected chi connectivity index (χ0v) is 13.4. The Hall–Kier alpha value is -2.00. The van der Waals surface area contributed by atoms with E-state index in [0.29, 0.717) is 23.4 Å². The number of nitrogens with one attached hydrogen (secondary N) is 1. The van der Waals surface area contributed by atoms with Gasteiger partial charge in [0.25, 0.3) is 0 Å². The number of methoxy groups -OCH3 is 1. The quantitative estimate of drug-likeness (QED) is 0.530. The van der Waals surface area contributed by atoms with Gasteiger partial charge >= 0.3 is 12.1 Å². The Bertz CT molecular complexity index is 560. The van der Waals surface area contributed by atoms with E-state index in [0.717, 1.165) is 0 Å². The van der Waals surface area contributed by atoms with Gasteiger partial charge in [0.15, 0.2) is 0 Å². The highest BCUT2D eigenvalue weighted by Gasteiger charge is 2.15. The van der Waals surface area contributed by atoms with Crippen LogP contribution in [-0.2, 0) is 9.47 Å². The smallest absolute Gasteiger partial charge is 0.407 e. The Kier molecular flexibility index (Phi) is 6.25. The average Bonchev–Trinajstić information content (AvgIpc) is 2.83. The Morgan fingerprint density at radius 3 is 2.71 bits per heavy atom. The van der Waals surface area contributed by atoms with E-state index < -0.39 is 11.7 Å². The van der Waals surface area contributed by atoms with Crippen molar-refractivity contribution in [2.45, 2.75) is 32.8 Å². The van der Waals surface area contributed by atoms with Crippen LogP contribution in [0.1, 0.15) is 42.4 Å². The van der Waals surface area contributed by atoms with Gasteiger partial charge < -0.3 is 14.8 Å². The fourth-order valence-electron chi connectivity index (χ4n) is 1.36. The highest BCUT2D eigenvalue weighted by Crippen LogP contribution is 2.16. The van der Waals surface area contributed by atoms with E-state index in [-0.39, 0.29) is 5.97 Å². The summed E-state index contributed by atoms with van der Waals surface area (Å²) in [5.41, 5.74) is 0.131. The molecule has 1 amide bonds. The average molecular weight is 309 g/mol. The van der Waals surface area contributed by atoms with Crippen LogP contribution in [0, 0.1) is 11.8 Å². The Morgan fingerprint density at radius 2 is 2.10 bits per heavy atom. The third-order valence-corrected chi connectivity index (χ3v) is 3.07. The molecule has 1 heterocycles. The van der Waals surface area contributed by atoms with Gasteiger partial charge in [-0.25, -0.2) is 9.59 Å². The number of rotatable bonds is 3. The fraction of sp³-hybridized carbons (Fsp3) is 0.467. The van der Waals surface area contributed by atoms with Gasteiger partial charge in [0.2, 0.25) is 0 Å². The summed E-state index contributed by atoms with van der Waals surface area (Å²) in [6, 6.07) is 1.77. The molecule has 0 saturated carbocycles. The maximum absolute atomic E-state index is 11.5. The zero-order valence-electron chi connectivity index (χ0n) is 12.6. The standard InChI is InChI=1S/C15H19NO4S/c1-15(2,3)20-14(18)16-9-6-5-7-11-8-10-21-12(11)13(17)19-4/h8,10H,6,9H2,1-4H3,(H,16,18). The lowest BCUT2D eigenvalue weighted by molar-refractivity contribution is 0.0528. The summed E-state index contributed by atoms with van der Waals surface area (Å²) in [5.74, 6) is 5.41. The molecule has 5 nitrogen and oxygen atoms in total. The van der Waals surface area contributed by atoms with Crippen LogP contribution in [0.3, 0.4) is 0 Å². The zero-order chi connectivity index (χ0) is 15.9. The molecular formula is C15H19NO4S. The van der Waals surface area contributed by atoms with Crippen LogP contribution >= 0.6 is 11.3 Å². The van der Waals surface area contributed by atoms with Gasteiger partial charge in [-0.2, -0.15) is 0 Å². The van der Waals surface area contributed by atoms with Crippen molar-refractivity contribution in [1.82, 2.24) is 5.32 Å². The maximum Gasteiger partial charge on any atom is 0.407 e. The number of ether oxygens (including phenoxy) is 2. The molecule has 1 rings (SSSR count). The maximum atomic E-state index is 11.5. The number of amides is 1. The Balaban J connectivity index is 2.43. The molecule has 0 unspecified atom stereocenters. The first-order valence-electron chi connectivity index (χ1n) is 6.45. The molecule has 1 N–H and O–H groups in total. The summed E-state index contributed by atoms with van der Waals surface area (Å²) in [6.07, 6.45) is 0.00507. The topological polar surface area (TPSA) is 64.6 Å². The first-order chi connectivity index (χ1) is 9.83. The molecule has 0 aliphatic rings. The second-order valence-corrected chi connectivity index (χ2v) is 6.05. The fourth-order valence-corrected chi connectivity index (χ4v) is 2.12. The summed E-state index contributed by atoms with van der Waals surface area (Å²) < 4.78 is 9.77. The van der Waals surface area contributed by atoms with Crippen molar-refractivity contribution in [2.75, 3.05) is 13.7 Å². The number of thiophene rings is 1. The molecule has 0 atom stereocenters. The van der Waals surface area contributed by atoms with Crippen molar-refractivity contribution in [3.63, 3.8) is 0 Å². The van der Waals surface area contributed by atoms with E-state index in [1.54, 1.807) is 32.2 Å². The van der Waals surface area contributed by atoms with Gasteiger partial charge in [-0.15, -0.1) is 11.3 Å². The monoisotopic (exact) mass is 309 g/mol. The highest BCUT2D eigenvalue weighted by molar-refractivity contribution is 7.12. The predicted molar refractivity (Wildman–Crippen MR) is 81.4 cm³/mol. The summed E-state index contributed by atoms with van der Waals surface area (Å²) in [4.78, 5) is 23.3. The van der Waals surface area contributed by atoms with Gasteiger partial charge in [0.05, 0.1) is 7.11 Å². The largest absolute Gasteiger partial charge is 0.465 e. The van der Waals surface area contributed by atoms with E-state index in [2.05, 4.69) is 21.9 Å². The van der Waals surface area contributed by atoms with E-state index >= 15 is 0 Å². The molecule has 6 heteroatoms. The Morgan fingerprint density at radius 1 is 1.38 bits per heavy atom. The van der Waals surface area contributed by atoms with E-state index in [1.165, 1.54) is 18.4 Å². The number of hydrogen-bond donors (Lipinski definition) is 1. The normalized spacial score (nSPS) is 10.3. The van der Waals surface area contributed by atoms with Gasteiger partial charge in [-0.1, -0.05) is 11.8 Å². The molecule has 0 aliphatic heterocycles. The van der Waals surface area contributed by atoms with Crippen molar-refractivity contribution in [2.24, 2.45) is 0 Å². The minimum Gasteiger partial charge on any atom is -0.465 e. The molecule has 1 aromatic heterocycles. The lowest BCUT2D eigenvalue weighted by atomic mass is 10.2. The number of esters is 1. The third-order valence-electron chi connectivity index (χ3n) is 2.18. The van der Waals surface area contributed by atoms with Crippen LogP contribution in [0.2, 0.25) is 0 Å². The van der Waals surface area contributed by atoms with Gasteiger partial charge in [-0.05, 0) is 32.2 Å². The minimum absolute atomic E-state index is 0.388. The predicted octanol–water partition coefficient (Wildman–Crippen LogP) is 2.80. The van der Waals surface area contributed by atoms with Crippen molar-refractivity contribution in [3.8, 4) is 11.8 Å². The molecule has 0 aliphatic carbocycles. The third kappa shape index (κ3) is 6.32. The van der Waals surface area contributed by atoms with Crippen molar-refractivity contribution in [1.29, 1.82) is 0 Å². The molecule has 0 fully saturated rings. The van der Waals surface area contributed by atoms with E-state index in [1.807, 2.05) is 0 Å². The minimum atomic E-state index is -0.512. The van der Waals surface area contributed by atoms with Gasteiger partial charge in [0.1, 0.15) is 10.5 Å². The summed E-state index contributed by atoms with van der Waals surface area (Å²) in [6.45, 7) is 5.80. The molecule has 114 valence electrons. The molecule has 0 radical (unpaired) electrons. The lowest BCUT2D eigenvalue weighted by Gasteiger charge is -2.19. The number of carbonyl (C=O) groups is 2. The molecule has 1 aromatic rings. The summed E-state index contributed by atoms with van der Waals surface area (Å²) >= 11 is 1.29. The van der Waals surface area contributed by atoms with Crippen LogP contribution in [-0.4, -0.2) is 31.3 Å². The summed E-state index contributed by atoms with van der Waals surface area (Å²) in [5, 5.41) is 4.40. The highest BCUT2D eigenvalue weighted by atomic mass is 32.1. The summed E-state index contributed by atoms with van der Waals surface area (Å²) in [7, 11) is 1.34. The lowest BCUT2D eigenvalue weighted by Crippen LogP contribution is -2.32. The number of hydrogen-bond acceptors (Lipinski definition) is 5. The van der Waals surface area contributed by atoms with Crippen LogP contribution in [0.4, 0.5) is 4.79 Å².